The standard InChI is InChI=1S/C13H19NO4S/c1-10(8-9-12-6-4-3-5-7-12)14-19(17,18)11(2)13(15)16/h3-7,10-11,14H,8-9H2,1-2H3,(H,15,16). The van der Waals surface area contributed by atoms with Crippen LogP contribution in [0.4, 0.5) is 0 Å². The van der Waals surface area contributed by atoms with E-state index in [-0.39, 0.29) is 6.04 Å². The van der Waals surface area contributed by atoms with E-state index in [0.717, 1.165) is 18.9 Å². The molecule has 2 N–H and O–H groups in total. The van der Waals surface area contributed by atoms with Gasteiger partial charge in [-0.1, -0.05) is 30.3 Å². The van der Waals surface area contributed by atoms with Gasteiger partial charge in [-0.3, -0.25) is 4.79 Å². The summed E-state index contributed by atoms with van der Waals surface area (Å²) >= 11 is 0. The summed E-state index contributed by atoms with van der Waals surface area (Å²) in [6, 6.07) is 9.42. The Hall–Kier alpha value is -1.40. The molecule has 0 bridgehead atoms. The lowest BCUT2D eigenvalue weighted by Crippen LogP contribution is -2.42. The minimum Gasteiger partial charge on any atom is -0.480 e. The van der Waals surface area contributed by atoms with Gasteiger partial charge < -0.3 is 5.11 Å². The van der Waals surface area contributed by atoms with Crippen molar-refractivity contribution in [1.82, 2.24) is 4.72 Å². The van der Waals surface area contributed by atoms with Crippen molar-refractivity contribution in [2.75, 3.05) is 0 Å². The lowest BCUT2D eigenvalue weighted by atomic mass is 10.1. The first-order valence-electron chi connectivity index (χ1n) is 6.11. The molecule has 1 aromatic rings. The molecule has 0 amide bonds. The van der Waals surface area contributed by atoms with Crippen LogP contribution < -0.4 is 4.72 Å². The van der Waals surface area contributed by atoms with E-state index in [1.54, 1.807) is 6.92 Å². The minimum absolute atomic E-state index is 0.299. The first-order valence-corrected chi connectivity index (χ1v) is 7.65. The van der Waals surface area contributed by atoms with Crippen molar-refractivity contribution >= 4 is 16.0 Å². The van der Waals surface area contributed by atoms with Crippen LogP contribution in [0, 0.1) is 0 Å². The fourth-order valence-corrected chi connectivity index (χ4v) is 2.75. The molecule has 0 saturated carbocycles. The number of hydrogen-bond donors (Lipinski definition) is 2. The van der Waals surface area contributed by atoms with E-state index in [9.17, 15) is 13.2 Å². The maximum atomic E-state index is 11.7. The van der Waals surface area contributed by atoms with E-state index in [1.165, 1.54) is 0 Å². The highest BCUT2D eigenvalue weighted by Crippen LogP contribution is 2.07. The van der Waals surface area contributed by atoms with Crippen LogP contribution in [-0.4, -0.2) is 30.8 Å². The number of sulfonamides is 1. The number of aliphatic carboxylic acids is 1. The van der Waals surface area contributed by atoms with Crippen LogP contribution in [0.3, 0.4) is 0 Å². The maximum absolute atomic E-state index is 11.7. The van der Waals surface area contributed by atoms with Crippen LogP contribution in [0.15, 0.2) is 30.3 Å². The normalized spacial score (nSPS) is 14.8. The summed E-state index contributed by atoms with van der Waals surface area (Å²) in [6.07, 6.45) is 1.36. The maximum Gasteiger partial charge on any atom is 0.323 e. The Bertz CT molecular complexity index is 513. The third-order valence-electron chi connectivity index (χ3n) is 2.89. The first kappa shape index (κ1) is 15.7. The van der Waals surface area contributed by atoms with Crippen LogP contribution in [0.1, 0.15) is 25.8 Å². The summed E-state index contributed by atoms with van der Waals surface area (Å²) in [4.78, 5) is 10.7. The second-order valence-corrected chi connectivity index (χ2v) is 6.60. The molecule has 0 aromatic heterocycles. The number of carboxylic acids is 1. The Kier molecular flexibility index (Phi) is 5.50. The zero-order chi connectivity index (χ0) is 14.5. The second-order valence-electron chi connectivity index (χ2n) is 4.57. The highest BCUT2D eigenvalue weighted by Gasteiger charge is 2.28. The molecular weight excluding hydrogens is 266 g/mol. The van der Waals surface area contributed by atoms with E-state index >= 15 is 0 Å². The van der Waals surface area contributed by atoms with Crippen LogP contribution in [0.5, 0.6) is 0 Å². The summed E-state index contributed by atoms with van der Waals surface area (Å²) in [7, 11) is -3.81. The highest BCUT2D eigenvalue weighted by molar-refractivity contribution is 7.90. The molecule has 5 nitrogen and oxygen atoms in total. The Morgan fingerprint density at radius 1 is 1.26 bits per heavy atom. The van der Waals surface area contributed by atoms with Crippen molar-refractivity contribution in [1.29, 1.82) is 0 Å². The Balaban J connectivity index is 2.52. The van der Waals surface area contributed by atoms with Gasteiger partial charge in [0, 0.05) is 6.04 Å². The summed E-state index contributed by atoms with van der Waals surface area (Å²) < 4.78 is 25.8. The Labute approximate surface area is 113 Å². The SMILES string of the molecule is CC(CCc1ccccc1)NS(=O)(=O)C(C)C(=O)O. The summed E-state index contributed by atoms with van der Waals surface area (Å²) in [5.41, 5.74) is 1.12. The van der Waals surface area contributed by atoms with Gasteiger partial charge in [-0.2, -0.15) is 0 Å². The van der Waals surface area contributed by atoms with Gasteiger partial charge in [0.1, 0.15) is 0 Å². The van der Waals surface area contributed by atoms with Gasteiger partial charge in [0.15, 0.2) is 5.25 Å². The van der Waals surface area contributed by atoms with Crippen molar-refractivity contribution in [2.24, 2.45) is 0 Å². The average molecular weight is 285 g/mol. The first-order chi connectivity index (χ1) is 8.83. The number of carbonyl (C=O) groups is 1. The van der Waals surface area contributed by atoms with Gasteiger partial charge in [-0.15, -0.1) is 0 Å². The molecule has 2 unspecified atom stereocenters. The predicted molar refractivity (Wildman–Crippen MR) is 73.4 cm³/mol. The lowest BCUT2D eigenvalue weighted by molar-refractivity contribution is -0.136. The van der Waals surface area contributed by atoms with Gasteiger partial charge in [0.2, 0.25) is 10.0 Å². The van der Waals surface area contributed by atoms with E-state index in [4.69, 9.17) is 5.11 Å². The fourth-order valence-electron chi connectivity index (χ4n) is 1.60. The van der Waals surface area contributed by atoms with Crippen LogP contribution >= 0.6 is 0 Å². The van der Waals surface area contributed by atoms with Crippen LogP contribution in [0.2, 0.25) is 0 Å². The molecule has 2 atom stereocenters. The van der Waals surface area contributed by atoms with E-state index in [1.807, 2.05) is 30.3 Å². The van der Waals surface area contributed by atoms with Crippen LogP contribution in [-0.2, 0) is 21.2 Å². The van der Waals surface area contributed by atoms with Crippen LogP contribution in [0.25, 0.3) is 0 Å². The zero-order valence-corrected chi connectivity index (χ0v) is 11.9. The van der Waals surface area contributed by atoms with Crippen molar-refractivity contribution in [3.8, 4) is 0 Å². The van der Waals surface area contributed by atoms with Gasteiger partial charge in [-0.25, -0.2) is 13.1 Å². The molecule has 6 heteroatoms. The topological polar surface area (TPSA) is 83.5 Å². The van der Waals surface area contributed by atoms with Gasteiger partial charge in [0.25, 0.3) is 0 Å². The molecule has 0 aliphatic carbocycles. The van der Waals surface area contributed by atoms with Crippen molar-refractivity contribution in [3.63, 3.8) is 0 Å². The van der Waals surface area contributed by atoms with Crippen molar-refractivity contribution < 1.29 is 18.3 Å². The third kappa shape index (κ3) is 5.00. The predicted octanol–water partition coefficient (Wildman–Crippen LogP) is 1.40. The molecule has 0 fully saturated rings. The molecule has 106 valence electrons. The number of hydrogen-bond acceptors (Lipinski definition) is 3. The minimum atomic E-state index is -3.81. The largest absolute Gasteiger partial charge is 0.480 e. The second kappa shape index (κ2) is 6.68. The molecule has 0 aliphatic heterocycles. The van der Waals surface area contributed by atoms with Gasteiger partial charge >= 0.3 is 5.97 Å². The summed E-state index contributed by atoms with van der Waals surface area (Å²) in [5.74, 6) is -1.34. The molecule has 0 saturated heterocycles. The molecule has 1 aromatic carbocycles. The summed E-state index contributed by atoms with van der Waals surface area (Å²) in [6.45, 7) is 2.89. The fraction of sp³-hybridized carbons (Fsp3) is 0.462. The number of rotatable bonds is 7. The van der Waals surface area contributed by atoms with E-state index in [2.05, 4.69) is 4.72 Å². The summed E-state index contributed by atoms with van der Waals surface area (Å²) in [5, 5.41) is 7.28. The van der Waals surface area contributed by atoms with Crippen molar-refractivity contribution in [2.45, 2.75) is 38.0 Å². The number of benzene rings is 1. The molecule has 0 aliphatic rings. The monoisotopic (exact) mass is 285 g/mol. The smallest absolute Gasteiger partial charge is 0.323 e. The average Bonchev–Trinajstić information content (AvgIpc) is 2.36. The lowest BCUT2D eigenvalue weighted by Gasteiger charge is -2.16. The molecule has 0 radical (unpaired) electrons. The number of carboxylic acid groups (broad SMARTS) is 1. The molecule has 0 heterocycles. The molecule has 19 heavy (non-hydrogen) atoms. The van der Waals surface area contributed by atoms with Crippen molar-refractivity contribution in [3.05, 3.63) is 35.9 Å². The highest BCUT2D eigenvalue weighted by atomic mass is 32.2. The zero-order valence-electron chi connectivity index (χ0n) is 11.0. The van der Waals surface area contributed by atoms with Gasteiger partial charge in [-0.05, 0) is 32.3 Å². The molecular formula is C13H19NO4S. The number of nitrogens with one attached hydrogen (secondary N) is 1. The molecule has 0 spiro atoms. The quantitative estimate of drug-likeness (QED) is 0.793. The van der Waals surface area contributed by atoms with Gasteiger partial charge in [0.05, 0.1) is 0 Å². The molecule has 1 rings (SSSR count). The Morgan fingerprint density at radius 3 is 2.37 bits per heavy atom. The number of aryl methyl sites for hydroxylation is 1. The third-order valence-corrected chi connectivity index (χ3v) is 4.75. The van der Waals surface area contributed by atoms with E-state index < -0.39 is 21.2 Å². The van der Waals surface area contributed by atoms with E-state index in [0.29, 0.717) is 6.42 Å². The Morgan fingerprint density at radius 2 is 1.84 bits per heavy atom.